The summed E-state index contributed by atoms with van der Waals surface area (Å²) in [4.78, 5) is 12.8. The lowest BCUT2D eigenvalue weighted by atomic mass is 9.98. The highest BCUT2D eigenvalue weighted by molar-refractivity contribution is 7.90. The molecule has 2 fully saturated rings. The van der Waals surface area contributed by atoms with Crippen molar-refractivity contribution in [2.24, 2.45) is 5.92 Å². The Morgan fingerprint density at radius 1 is 1.30 bits per heavy atom. The van der Waals surface area contributed by atoms with Gasteiger partial charge in [-0.1, -0.05) is 0 Å². The van der Waals surface area contributed by atoms with Gasteiger partial charge in [0.25, 0.3) is 0 Å². The average Bonchev–Trinajstić information content (AvgIpc) is 3.39. The van der Waals surface area contributed by atoms with Crippen molar-refractivity contribution in [3.05, 3.63) is 12.4 Å². The molecule has 0 spiro atoms. The van der Waals surface area contributed by atoms with Gasteiger partial charge in [-0.05, 0) is 31.6 Å². The van der Waals surface area contributed by atoms with Gasteiger partial charge in [0.05, 0.1) is 5.25 Å². The van der Waals surface area contributed by atoms with E-state index in [0.717, 1.165) is 50.4 Å². The minimum Gasteiger partial charge on any atom is -0.363 e. The minimum absolute atomic E-state index is 0.147. The Morgan fingerprint density at radius 3 is 2.78 bits per heavy atom. The van der Waals surface area contributed by atoms with E-state index < -0.39 is 10.0 Å². The molecule has 8 heteroatoms. The first kappa shape index (κ1) is 16.4. The molecule has 1 aromatic heterocycles. The molecule has 128 valence electrons. The smallest absolute Gasteiger partial charge is 0.214 e. The molecule has 1 atom stereocenters. The third kappa shape index (κ3) is 4.11. The maximum Gasteiger partial charge on any atom is 0.214 e. The Labute approximate surface area is 138 Å². The van der Waals surface area contributed by atoms with Gasteiger partial charge >= 0.3 is 0 Å². The first-order valence-corrected chi connectivity index (χ1v) is 9.73. The van der Waals surface area contributed by atoms with Crippen LogP contribution in [0.4, 0.5) is 11.6 Å². The summed E-state index contributed by atoms with van der Waals surface area (Å²) in [5.74, 6) is 2.13. The highest BCUT2D eigenvalue weighted by Gasteiger charge is 2.36. The lowest BCUT2D eigenvalue weighted by Crippen LogP contribution is -2.42. The number of nitrogens with one attached hydrogen (secondary N) is 1. The van der Waals surface area contributed by atoms with Crippen LogP contribution >= 0.6 is 0 Å². The molecular formula is C15H25N5O2S. The molecule has 1 aromatic rings. The molecule has 3 rings (SSSR count). The lowest BCUT2D eigenvalue weighted by molar-refractivity contribution is 0.409. The number of sulfonamides is 1. The third-order valence-electron chi connectivity index (χ3n) is 4.48. The molecule has 1 aliphatic carbocycles. The number of rotatable bonds is 6. The van der Waals surface area contributed by atoms with E-state index in [-0.39, 0.29) is 5.25 Å². The summed E-state index contributed by atoms with van der Waals surface area (Å²) in [6, 6.07) is 1.98. The highest BCUT2D eigenvalue weighted by atomic mass is 32.2. The Kier molecular flexibility index (Phi) is 4.72. The van der Waals surface area contributed by atoms with Crippen molar-refractivity contribution in [1.82, 2.24) is 14.7 Å². The van der Waals surface area contributed by atoms with E-state index in [1.165, 1.54) is 0 Å². The second kappa shape index (κ2) is 6.60. The van der Waals surface area contributed by atoms with Gasteiger partial charge in [0.1, 0.15) is 18.0 Å². The molecular weight excluding hydrogens is 314 g/mol. The molecule has 0 radical (unpaired) electrons. The Bertz CT molecular complexity index is 645. The molecule has 23 heavy (non-hydrogen) atoms. The van der Waals surface area contributed by atoms with Gasteiger partial charge in [0.2, 0.25) is 10.0 Å². The van der Waals surface area contributed by atoms with E-state index in [4.69, 9.17) is 0 Å². The van der Waals surface area contributed by atoms with Crippen molar-refractivity contribution in [3.63, 3.8) is 0 Å². The molecule has 7 nitrogen and oxygen atoms in total. The summed E-state index contributed by atoms with van der Waals surface area (Å²) >= 11 is 0. The van der Waals surface area contributed by atoms with Gasteiger partial charge in [0, 0.05) is 39.8 Å². The van der Waals surface area contributed by atoms with Crippen LogP contribution in [-0.4, -0.2) is 57.4 Å². The Hall–Kier alpha value is -1.41. The Morgan fingerprint density at radius 2 is 2.09 bits per heavy atom. The lowest BCUT2D eigenvalue weighted by Gasteiger charge is -2.33. The molecule has 0 amide bonds. The van der Waals surface area contributed by atoms with Gasteiger partial charge < -0.3 is 9.80 Å². The largest absolute Gasteiger partial charge is 0.363 e. The number of hydrogen-bond donors (Lipinski definition) is 1. The number of anilines is 2. The van der Waals surface area contributed by atoms with Crippen LogP contribution in [-0.2, 0) is 10.0 Å². The van der Waals surface area contributed by atoms with Gasteiger partial charge in [-0.15, -0.1) is 0 Å². The van der Waals surface area contributed by atoms with Crippen molar-refractivity contribution in [1.29, 1.82) is 0 Å². The fourth-order valence-corrected chi connectivity index (χ4v) is 4.39. The fraction of sp³-hybridized carbons (Fsp3) is 0.733. The van der Waals surface area contributed by atoms with Crippen LogP contribution in [0.1, 0.15) is 25.7 Å². The molecule has 1 N–H and O–H groups in total. The number of aromatic nitrogens is 2. The summed E-state index contributed by atoms with van der Waals surface area (Å²) in [6.07, 6.45) is 5.30. The van der Waals surface area contributed by atoms with E-state index in [1.807, 2.05) is 25.1 Å². The van der Waals surface area contributed by atoms with Gasteiger partial charge in [-0.3, -0.25) is 0 Å². The summed E-state index contributed by atoms with van der Waals surface area (Å²) in [5, 5.41) is -0.147. The van der Waals surface area contributed by atoms with E-state index >= 15 is 0 Å². The average molecular weight is 339 g/mol. The van der Waals surface area contributed by atoms with Crippen LogP contribution < -0.4 is 14.5 Å². The predicted molar refractivity (Wildman–Crippen MR) is 91.2 cm³/mol. The van der Waals surface area contributed by atoms with Crippen molar-refractivity contribution in [2.75, 3.05) is 43.5 Å². The maximum atomic E-state index is 12.0. The third-order valence-corrected chi connectivity index (χ3v) is 6.39. The first-order valence-electron chi connectivity index (χ1n) is 8.18. The van der Waals surface area contributed by atoms with Crippen LogP contribution in [0.2, 0.25) is 0 Å². The number of hydrogen-bond acceptors (Lipinski definition) is 6. The van der Waals surface area contributed by atoms with Crippen LogP contribution in [0.5, 0.6) is 0 Å². The van der Waals surface area contributed by atoms with Gasteiger partial charge in [0.15, 0.2) is 0 Å². The standard InChI is InChI=1S/C15H25N5O2S/c1-19(2)14-8-15(17-11-16-14)20-7-3-4-12(10-20)9-18-23(21,22)13-5-6-13/h8,11-13,18H,3-7,9-10H2,1-2H3. The zero-order valence-corrected chi connectivity index (χ0v) is 14.6. The molecule has 2 aliphatic rings. The quantitative estimate of drug-likeness (QED) is 0.827. The molecule has 0 aromatic carbocycles. The van der Waals surface area contributed by atoms with E-state index in [0.29, 0.717) is 12.5 Å². The zero-order valence-electron chi connectivity index (χ0n) is 13.8. The minimum atomic E-state index is -3.09. The monoisotopic (exact) mass is 339 g/mol. The van der Waals surface area contributed by atoms with Gasteiger partial charge in [-0.2, -0.15) is 0 Å². The Balaban J connectivity index is 1.60. The van der Waals surface area contributed by atoms with Crippen molar-refractivity contribution in [2.45, 2.75) is 30.9 Å². The predicted octanol–water partition coefficient (Wildman–Crippen LogP) is 0.841. The molecule has 1 saturated carbocycles. The van der Waals surface area contributed by atoms with Crippen LogP contribution in [0.3, 0.4) is 0 Å². The second-order valence-corrected chi connectivity index (χ2v) is 8.72. The summed E-state index contributed by atoms with van der Waals surface area (Å²) in [5.41, 5.74) is 0. The van der Waals surface area contributed by atoms with Crippen LogP contribution in [0, 0.1) is 5.92 Å². The zero-order chi connectivity index (χ0) is 16.4. The molecule has 1 saturated heterocycles. The van der Waals surface area contributed by atoms with Crippen molar-refractivity contribution in [3.8, 4) is 0 Å². The molecule has 0 bridgehead atoms. The van der Waals surface area contributed by atoms with Crippen LogP contribution in [0.15, 0.2) is 12.4 Å². The maximum absolute atomic E-state index is 12.0. The van der Waals surface area contributed by atoms with Crippen LogP contribution in [0.25, 0.3) is 0 Å². The highest BCUT2D eigenvalue weighted by Crippen LogP contribution is 2.28. The van der Waals surface area contributed by atoms with Gasteiger partial charge in [-0.25, -0.2) is 23.1 Å². The number of nitrogens with zero attached hydrogens (tertiary/aromatic N) is 4. The molecule has 1 unspecified atom stereocenters. The number of piperidine rings is 1. The van der Waals surface area contributed by atoms with E-state index in [2.05, 4.69) is 19.6 Å². The fourth-order valence-electron chi connectivity index (χ4n) is 2.92. The SMILES string of the molecule is CN(C)c1cc(N2CCCC(CNS(=O)(=O)C3CC3)C2)ncn1. The second-order valence-electron chi connectivity index (χ2n) is 6.68. The normalized spacial score (nSPS) is 22.2. The molecule has 1 aliphatic heterocycles. The summed E-state index contributed by atoms with van der Waals surface area (Å²) in [6.45, 7) is 2.31. The van der Waals surface area contributed by atoms with E-state index in [1.54, 1.807) is 6.33 Å². The first-order chi connectivity index (χ1) is 11.0. The van der Waals surface area contributed by atoms with Crippen molar-refractivity contribution >= 4 is 21.7 Å². The van der Waals surface area contributed by atoms with Crippen molar-refractivity contribution < 1.29 is 8.42 Å². The topological polar surface area (TPSA) is 78.4 Å². The van der Waals surface area contributed by atoms with E-state index in [9.17, 15) is 8.42 Å². The molecule has 2 heterocycles. The summed E-state index contributed by atoms with van der Waals surface area (Å²) < 4.78 is 26.7. The summed E-state index contributed by atoms with van der Waals surface area (Å²) in [7, 11) is 0.825.